The van der Waals surface area contributed by atoms with Crippen molar-refractivity contribution in [3.8, 4) is 0 Å². The van der Waals surface area contributed by atoms with E-state index >= 15 is 0 Å². The van der Waals surface area contributed by atoms with Gasteiger partial charge in [0.25, 0.3) is 0 Å². The molecular formula is C19H25F3N6. The molecule has 0 spiro atoms. The zero-order chi connectivity index (χ0) is 20.2. The molecule has 0 radical (unpaired) electrons. The van der Waals surface area contributed by atoms with Crippen LogP contribution in [0.25, 0.3) is 0 Å². The third kappa shape index (κ3) is 3.93. The van der Waals surface area contributed by atoms with E-state index < -0.39 is 17.5 Å². The van der Waals surface area contributed by atoms with Crippen molar-refractivity contribution in [3.05, 3.63) is 29.6 Å². The van der Waals surface area contributed by atoms with E-state index in [0.717, 1.165) is 38.3 Å². The fourth-order valence-corrected chi connectivity index (χ4v) is 3.48. The molecule has 152 valence electrons. The predicted octanol–water partition coefficient (Wildman–Crippen LogP) is 3.11. The van der Waals surface area contributed by atoms with Crippen molar-refractivity contribution < 1.29 is 13.2 Å². The number of rotatable bonds is 5. The van der Waals surface area contributed by atoms with Crippen molar-refractivity contribution in [2.75, 3.05) is 6.54 Å². The molecule has 0 bridgehead atoms. The first-order valence-electron chi connectivity index (χ1n) is 9.52. The molecule has 0 aromatic carbocycles. The van der Waals surface area contributed by atoms with Gasteiger partial charge in [0.1, 0.15) is 5.69 Å². The van der Waals surface area contributed by atoms with Crippen LogP contribution in [0.3, 0.4) is 0 Å². The maximum Gasteiger partial charge on any atom is 0.433 e. The Kier molecular flexibility index (Phi) is 4.13. The maximum absolute atomic E-state index is 13.2. The molecule has 1 aromatic rings. The van der Waals surface area contributed by atoms with Crippen LogP contribution in [-0.2, 0) is 11.8 Å². The summed E-state index contributed by atoms with van der Waals surface area (Å²) < 4.78 is 39.7. The summed E-state index contributed by atoms with van der Waals surface area (Å²) in [4.78, 5) is 12.6. The van der Waals surface area contributed by atoms with Gasteiger partial charge in [-0.1, -0.05) is 19.9 Å². The largest absolute Gasteiger partial charge is 0.433 e. The van der Waals surface area contributed by atoms with Gasteiger partial charge in [-0.2, -0.15) is 18.2 Å². The molecule has 2 aliphatic carbocycles. The van der Waals surface area contributed by atoms with Gasteiger partial charge in [-0.25, -0.2) is 9.98 Å². The van der Waals surface area contributed by atoms with Crippen molar-refractivity contribution in [3.63, 3.8) is 0 Å². The SMILES string of the molecule is CC1(CNC2=NC(N)=NC(CC3(C)CC3)(c3cccc(C(F)(F)F)n3)N2)CC1. The second-order valence-electron chi connectivity index (χ2n) is 8.97. The number of nitrogens with zero attached hydrogens (tertiary/aromatic N) is 3. The standard InChI is InChI=1S/C19H25F3N6/c1-16(6-7-16)10-18(12-4-3-5-13(25-12)19(20,21)22)27-14(23)26-15(28-18)24-11-17(2)8-9-17/h3-5H,6-11H2,1-2H3,(H4,23,24,26,27,28). The van der Waals surface area contributed by atoms with E-state index in [1.54, 1.807) is 6.07 Å². The number of alkyl halides is 3. The molecule has 1 aliphatic heterocycles. The van der Waals surface area contributed by atoms with Crippen LogP contribution in [0.1, 0.15) is 57.3 Å². The number of guanidine groups is 2. The van der Waals surface area contributed by atoms with Gasteiger partial charge in [-0.05, 0) is 48.6 Å². The summed E-state index contributed by atoms with van der Waals surface area (Å²) in [7, 11) is 0. The highest BCUT2D eigenvalue weighted by Gasteiger charge is 2.49. The molecule has 6 nitrogen and oxygen atoms in total. The second kappa shape index (κ2) is 6.09. The fraction of sp³-hybridized carbons (Fsp3) is 0.632. The third-order valence-corrected chi connectivity index (χ3v) is 5.89. The normalized spacial score (nSPS) is 27.3. The number of hydrogen-bond donors (Lipinski definition) is 3. The Morgan fingerprint density at radius 3 is 2.43 bits per heavy atom. The monoisotopic (exact) mass is 394 g/mol. The van der Waals surface area contributed by atoms with Gasteiger partial charge < -0.3 is 16.4 Å². The number of hydrogen-bond acceptors (Lipinski definition) is 6. The van der Waals surface area contributed by atoms with Crippen LogP contribution in [0, 0.1) is 10.8 Å². The second-order valence-corrected chi connectivity index (χ2v) is 8.97. The molecular weight excluding hydrogens is 369 g/mol. The van der Waals surface area contributed by atoms with Gasteiger partial charge in [0.05, 0.1) is 5.69 Å². The highest BCUT2D eigenvalue weighted by molar-refractivity contribution is 5.96. The quantitative estimate of drug-likeness (QED) is 0.716. The molecule has 4 rings (SSSR count). The van der Waals surface area contributed by atoms with Crippen molar-refractivity contribution in [2.24, 2.45) is 26.5 Å². The zero-order valence-corrected chi connectivity index (χ0v) is 16.0. The van der Waals surface area contributed by atoms with Gasteiger partial charge in [0.2, 0.25) is 11.9 Å². The first-order chi connectivity index (χ1) is 13.0. The Morgan fingerprint density at radius 1 is 1.14 bits per heavy atom. The minimum Gasteiger partial charge on any atom is -0.368 e. The topological polar surface area (TPSA) is 87.7 Å². The van der Waals surface area contributed by atoms with E-state index in [0.29, 0.717) is 12.4 Å². The van der Waals surface area contributed by atoms with Gasteiger partial charge in [0.15, 0.2) is 5.66 Å². The average molecular weight is 394 g/mol. The Hall–Kier alpha value is -2.32. The number of aromatic nitrogens is 1. The molecule has 1 aromatic heterocycles. The minimum absolute atomic E-state index is 0.0163. The lowest BCUT2D eigenvalue weighted by molar-refractivity contribution is -0.141. The summed E-state index contributed by atoms with van der Waals surface area (Å²) >= 11 is 0. The lowest BCUT2D eigenvalue weighted by Gasteiger charge is -2.37. The lowest BCUT2D eigenvalue weighted by atomic mass is 9.90. The highest BCUT2D eigenvalue weighted by atomic mass is 19.4. The Morgan fingerprint density at radius 2 is 1.82 bits per heavy atom. The number of aliphatic imine (C=N–C) groups is 2. The van der Waals surface area contributed by atoms with E-state index in [-0.39, 0.29) is 22.5 Å². The van der Waals surface area contributed by atoms with Crippen molar-refractivity contribution in [1.82, 2.24) is 15.6 Å². The number of nitrogens with two attached hydrogens (primary N) is 1. The van der Waals surface area contributed by atoms with Gasteiger partial charge in [-0.15, -0.1) is 0 Å². The fourth-order valence-electron chi connectivity index (χ4n) is 3.48. The van der Waals surface area contributed by atoms with Gasteiger partial charge in [-0.3, -0.25) is 0 Å². The van der Waals surface area contributed by atoms with E-state index in [4.69, 9.17) is 5.73 Å². The first-order valence-corrected chi connectivity index (χ1v) is 9.52. The summed E-state index contributed by atoms with van der Waals surface area (Å²) in [5.41, 5.74) is 4.28. The van der Waals surface area contributed by atoms with E-state index in [9.17, 15) is 13.2 Å². The molecule has 0 amide bonds. The Labute approximate surface area is 161 Å². The van der Waals surface area contributed by atoms with Crippen molar-refractivity contribution >= 4 is 11.9 Å². The van der Waals surface area contributed by atoms with Crippen LogP contribution in [0.15, 0.2) is 28.2 Å². The molecule has 1 atom stereocenters. The first kappa shape index (κ1) is 19.0. The summed E-state index contributed by atoms with van der Waals surface area (Å²) in [6.45, 7) is 4.99. The molecule has 2 saturated carbocycles. The van der Waals surface area contributed by atoms with Crippen LogP contribution >= 0.6 is 0 Å². The number of nitrogens with one attached hydrogen (secondary N) is 2. The minimum atomic E-state index is -4.53. The third-order valence-electron chi connectivity index (χ3n) is 5.89. The van der Waals surface area contributed by atoms with E-state index in [1.165, 1.54) is 6.07 Å². The summed E-state index contributed by atoms with van der Waals surface area (Å²) in [5.74, 6) is 0.467. The summed E-state index contributed by atoms with van der Waals surface area (Å²) in [5, 5.41) is 6.49. The molecule has 28 heavy (non-hydrogen) atoms. The Balaban J connectivity index is 1.68. The number of halogens is 3. The lowest BCUT2D eigenvalue weighted by Crippen LogP contribution is -2.55. The smallest absolute Gasteiger partial charge is 0.368 e. The highest BCUT2D eigenvalue weighted by Crippen LogP contribution is 2.53. The number of pyridine rings is 1. The molecule has 3 aliphatic rings. The van der Waals surface area contributed by atoms with E-state index in [2.05, 4.69) is 39.4 Å². The van der Waals surface area contributed by atoms with Crippen LogP contribution in [-0.4, -0.2) is 23.4 Å². The van der Waals surface area contributed by atoms with Gasteiger partial charge >= 0.3 is 6.18 Å². The molecule has 2 heterocycles. The zero-order valence-electron chi connectivity index (χ0n) is 16.0. The Bertz CT molecular complexity index is 838. The van der Waals surface area contributed by atoms with Crippen LogP contribution in [0.4, 0.5) is 13.2 Å². The summed E-state index contributed by atoms with van der Waals surface area (Å²) in [6.07, 6.45) is 0.212. The molecule has 2 fully saturated rings. The maximum atomic E-state index is 13.2. The molecule has 0 saturated heterocycles. The molecule has 4 N–H and O–H groups in total. The van der Waals surface area contributed by atoms with E-state index in [1.807, 2.05) is 0 Å². The average Bonchev–Trinajstić information content (AvgIpc) is 3.52. The van der Waals surface area contributed by atoms with Crippen LogP contribution in [0.2, 0.25) is 0 Å². The summed E-state index contributed by atoms with van der Waals surface area (Å²) in [6, 6.07) is 3.89. The molecule has 9 heteroatoms. The van der Waals surface area contributed by atoms with Crippen molar-refractivity contribution in [2.45, 2.75) is 57.8 Å². The molecule has 1 unspecified atom stereocenters. The van der Waals surface area contributed by atoms with Crippen molar-refractivity contribution in [1.29, 1.82) is 0 Å². The van der Waals surface area contributed by atoms with Gasteiger partial charge in [0, 0.05) is 13.0 Å². The van der Waals surface area contributed by atoms with Crippen LogP contribution < -0.4 is 16.4 Å². The van der Waals surface area contributed by atoms with Crippen LogP contribution in [0.5, 0.6) is 0 Å². The predicted molar refractivity (Wildman–Crippen MR) is 100 cm³/mol.